The highest BCUT2D eigenvalue weighted by molar-refractivity contribution is 6.44. The number of fused-ring (bicyclic) bond motifs is 1. The lowest BCUT2D eigenvalue weighted by atomic mass is 9.90. The van der Waals surface area contributed by atoms with Gasteiger partial charge in [-0.15, -0.1) is 0 Å². The Morgan fingerprint density at radius 2 is 1.92 bits per heavy atom. The molecule has 0 atom stereocenters. The molecule has 1 aliphatic carbocycles. The monoisotopic (exact) mass is 178 g/mol. The summed E-state index contributed by atoms with van der Waals surface area (Å²) in [7, 11) is 0. The van der Waals surface area contributed by atoms with Crippen molar-refractivity contribution in [1.29, 1.82) is 0 Å². The molecule has 2 rings (SSSR count). The molecular formula is C10H7FO2. The van der Waals surface area contributed by atoms with Gasteiger partial charge in [0.15, 0.2) is 0 Å². The van der Waals surface area contributed by atoms with Gasteiger partial charge in [-0.25, -0.2) is 4.39 Å². The fraction of sp³-hybridized carbons (Fsp3) is 0.200. The van der Waals surface area contributed by atoms with E-state index < -0.39 is 5.78 Å². The molecule has 2 nitrogen and oxygen atoms in total. The molecule has 1 aromatic carbocycles. The lowest BCUT2D eigenvalue weighted by Crippen LogP contribution is -2.22. The Morgan fingerprint density at radius 1 is 1.15 bits per heavy atom. The molecule has 0 fully saturated rings. The van der Waals surface area contributed by atoms with E-state index in [4.69, 9.17) is 0 Å². The van der Waals surface area contributed by atoms with Gasteiger partial charge < -0.3 is 0 Å². The van der Waals surface area contributed by atoms with E-state index in [-0.39, 0.29) is 18.0 Å². The first-order chi connectivity index (χ1) is 6.18. The highest BCUT2D eigenvalue weighted by atomic mass is 19.1. The van der Waals surface area contributed by atoms with Gasteiger partial charge in [-0.05, 0) is 30.2 Å². The van der Waals surface area contributed by atoms with Crippen LogP contribution < -0.4 is 0 Å². The van der Waals surface area contributed by atoms with Crippen molar-refractivity contribution in [2.75, 3.05) is 0 Å². The predicted octanol–water partition coefficient (Wildman–Crippen LogP) is 1.52. The minimum Gasteiger partial charge on any atom is -0.290 e. The Hall–Kier alpha value is -1.51. The largest absolute Gasteiger partial charge is 0.290 e. The standard InChI is InChI=1S/C10H7FO2/c11-7-2-3-8-6(5-7)1-4-9(12)10(8)13/h2-3,5H,1,4H2. The second-order valence-corrected chi connectivity index (χ2v) is 3.05. The van der Waals surface area contributed by atoms with Crippen molar-refractivity contribution in [2.45, 2.75) is 12.8 Å². The van der Waals surface area contributed by atoms with Crippen molar-refractivity contribution in [3.05, 3.63) is 35.1 Å². The van der Waals surface area contributed by atoms with E-state index in [2.05, 4.69) is 0 Å². The molecule has 0 radical (unpaired) electrons. The number of ketones is 2. The van der Waals surface area contributed by atoms with E-state index in [0.29, 0.717) is 17.5 Å². The van der Waals surface area contributed by atoms with Gasteiger partial charge in [0.2, 0.25) is 11.6 Å². The second kappa shape index (κ2) is 2.76. The van der Waals surface area contributed by atoms with Crippen LogP contribution in [0.3, 0.4) is 0 Å². The van der Waals surface area contributed by atoms with E-state index in [0.717, 1.165) is 0 Å². The van der Waals surface area contributed by atoms with Gasteiger partial charge in [0.1, 0.15) is 5.82 Å². The van der Waals surface area contributed by atoms with Crippen molar-refractivity contribution >= 4 is 11.6 Å². The lowest BCUT2D eigenvalue weighted by Gasteiger charge is -2.12. The normalized spacial score (nSPS) is 15.8. The number of hydrogen-bond donors (Lipinski definition) is 0. The highest BCUT2D eigenvalue weighted by Gasteiger charge is 2.24. The van der Waals surface area contributed by atoms with Crippen molar-refractivity contribution in [1.82, 2.24) is 0 Å². The maximum Gasteiger partial charge on any atom is 0.228 e. The molecule has 0 unspecified atom stereocenters. The summed E-state index contributed by atoms with van der Waals surface area (Å²) in [5.74, 6) is -1.22. The molecule has 0 saturated heterocycles. The van der Waals surface area contributed by atoms with Crippen molar-refractivity contribution in [2.24, 2.45) is 0 Å². The first-order valence-electron chi connectivity index (χ1n) is 4.04. The second-order valence-electron chi connectivity index (χ2n) is 3.05. The molecule has 0 saturated carbocycles. The molecule has 66 valence electrons. The van der Waals surface area contributed by atoms with Crippen LogP contribution in [0.5, 0.6) is 0 Å². The number of hydrogen-bond acceptors (Lipinski definition) is 2. The maximum atomic E-state index is 12.7. The fourth-order valence-corrected chi connectivity index (χ4v) is 1.50. The summed E-state index contributed by atoms with van der Waals surface area (Å²) in [6.45, 7) is 0. The van der Waals surface area contributed by atoms with Crippen LogP contribution in [0.4, 0.5) is 4.39 Å². The molecule has 1 aliphatic rings. The average Bonchev–Trinajstić information content (AvgIpc) is 2.12. The van der Waals surface area contributed by atoms with Crippen LogP contribution in [-0.2, 0) is 11.2 Å². The molecule has 0 aliphatic heterocycles. The third-order valence-electron chi connectivity index (χ3n) is 2.19. The van der Waals surface area contributed by atoms with E-state index in [1.54, 1.807) is 0 Å². The van der Waals surface area contributed by atoms with Gasteiger partial charge >= 0.3 is 0 Å². The van der Waals surface area contributed by atoms with Crippen LogP contribution in [0.2, 0.25) is 0 Å². The third kappa shape index (κ3) is 1.26. The van der Waals surface area contributed by atoms with Gasteiger partial charge in [-0.1, -0.05) is 0 Å². The number of Topliss-reactive ketones (excluding diaryl/α,β-unsaturated/α-hetero) is 2. The molecule has 1 aromatic rings. The maximum absolute atomic E-state index is 12.7. The molecule has 0 N–H and O–H groups in total. The first kappa shape index (κ1) is 8.10. The summed E-state index contributed by atoms with van der Waals surface area (Å²) in [6.07, 6.45) is 0.674. The number of rotatable bonds is 0. The molecule has 0 aromatic heterocycles. The van der Waals surface area contributed by atoms with Gasteiger partial charge in [0.05, 0.1) is 0 Å². The Kier molecular flexibility index (Phi) is 1.72. The van der Waals surface area contributed by atoms with E-state index in [1.165, 1.54) is 18.2 Å². The predicted molar refractivity (Wildman–Crippen MR) is 44.1 cm³/mol. The summed E-state index contributed by atoms with van der Waals surface area (Å²) < 4.78 is 12.7. The Labute approximate surface area is 74.4 Å². The van der Waals surface area contributed by atoms with Crippen LogP contribution >= 0.6 is 0 Å². The number of carbonyl (C=O) groups excluding carboxylic acids is 2. The fourth-order valence-electron chi connectivity index (χ4n) is 1.50. The first-order valence-corrected chi connectivity index (χ1v) is 4.04. The van der Waals surface area contributed by atoms with Crippen molar-refractivity contribution in [3.8, 4) is 0 Å². The summed E-state index contributed by atoms with van der Waals surface area (Å²) in [5.41, 5.74) is 1.00. The zero-order chi connectivity index (χ0) is 9.42. The Morgan fingerprint density at radius 3 is 2.69 bits per heavy atom. The lowest BCUT2D eigenvalue weighted by molar-refractivity contribution is -0.115. The average molecular weight is 178 g/mol. The van der Waals surface area contributed by atoms with Crippen LogP contribution in [0.25, 0.3) is 0 Å². The van der Waals surface area contributed by atoms with Crippen molar-refractivity contribution in [3.63, 3.8) is 0 Å². The molecular weight excluding hydrogens is 171 g/mol. The smallest absolute Gasteiger partial charge is 0.228 e. The van der Waals surface area contributed by atoms with Gasteiger partial charge in [-0.2, -0.15) is 0 Å². The van der Waals surface area contributed by atoms with Crippen LogP contribution in [0.15, 0.2) is 18.2 Å². The van der Waals surface area contributed by atoms with Gasteiger partial charge in [0.25, 0.3) is 0 Å². The quantitative estimate of drug-likeness (QED) is 0.564. The molecule has 3 heteroatoms. The topological polar surface area (TPSA) is 34.1 Å². The SMILES string of the molecule is O=C1CCc2cc(F)ccc2C1=O. The highest BCUT2D eigenvalue weighted by Crippen LogP contribution is 2.19. The number of halogens is 1. The van der Waals surface area contributed by atoms with Crippen LogP contribution in [0, 0.1) is 5.82 Å². The molecule has 0 bridgehead atoms. The number of benzene rings is 1. The third-order valence-corrected chi connectivity index (χ3v) is 2.19. The van der Waals surface area contributed by atoms with Crippen LogP contribution in [-0.4, -0.2) is 11.6 Å². The van der Waals surface area contributed by atoms with E-state index >= 15 is 0 Å². The summed E-state index contributed by atoms with van der Waals surface area (Å²) in [5, 5.41) is 0. The number of aryl methyl sites for hydroxylation is 1. The van der Waals surface area contributed by atoms with E-state index in [1.807, 2.05) is 0 Å². The molecule has 13 heavy (non-hydrogen) atoms. The Bertz CT molecular complexity index is 396. The summed E-state index contributed by atoms with van der Waals surface area (Å²) in [6, 6.07) is 3.90. The zero-order valence-corrected chi connectivity index (χ0v) is 6.84. The van der Waals surface area contributed by atoms with E-state index in [9.17, 15) is 14.0 Å². The Balaban J connectivity index is 2.56. The number of carbonyl (C=O) groups is 2. The van der Waals surface area contributed by atoms with Crippen molar-refractivity contribution < 1.29 is 14.0 Å². The molecule has 0 amide bonds. The summed E-state index contributed by atoms with van der Waals surface area (Å²) in [4.78, 5) is 22.3. The molecule has 0 spiro atoms. The van der Waals surface area contributed by atoms with Crippen LogP contribution in [0.1, 0.15) is 22.3 Å². The summed E-state index contributed by atoms with van der Waals surface area (Å²) >= 11 is 0. The van der Waals surface area contributed by atoms with Gasteiger partial charge in [0, 0.05) is 12.0 Å². The minimum absolute atomic E-state index is 0.204. The zero-order valence-electron chi connectivity index (χ0n) is 6.84. The van der Waals surface area contributed by atoms with Gasteiger partial charge in [-0.3, -0.25) is 9.59 Å². The minimum atomic E-state index is -0.485. The molecule has 0 heterocycles.